The van der Waals surface area contributed by atoms with E-state index in [1.54, 1.807) is 0 Å². The van der Waals surface area contributed by atoms with Crippen LogP contribution < -0.4 is 5.73 Å². The van der Waals surface area contributed by atoms with Gasteiger partial charge in [0.05, 0.1) is 6.54 Å². The Morgan fingerprint density at radius 2 is 1.60 bits per heavy atom. The molecule has 2 aromatic carbocycles. The Labute approximate surface area is 152 Å². The van der Waals surface area contributed by atoms with E-state index in [0.29, 0.717) is 6.54 Å². The number of piperidine rings is 1. The lowest BCUT2D eigenvalue weighted by Crippen LogP contribution is -2.34. The number of benzene rings is 2. The average molecular weight is 332 g/mol. The van der Waals surface area contributed by atoms with Crippen LogP contribution in [0.3, 0.4) is 0 Å². The molecule has 2 aromatic rings. The van der Waals surface area contributed by atoms with Crippen molar-refractivity contribution in [2.24, 2.45) is 11.7 Å². The Bertz CT molecular complexity index is 704. The summed E-state index contributed by atoms with van der Waals surface area (Å²) < 4.78 is 0. The van der Waals surface area contributed by atoms with Gasteiger partial charge in [-0.15, -0.1) is 0 Å². The highest BCUT2D eigenvalue weighted by atomic mass is 15.1. The SMILES string of the molecule is NCc1cccc(CC#CCN2CCC(Cc3ccccc3)CC2)c1. The molecule has 0 spiro atoms. The quantitative estimate of drug-likeness (QED) is 0.847. The van der Waals surface area contributed by atoms with E-state index in [1.165, 1.54) is 49.0 Å². The first kappa shape index (κ1) is 17.7. The van der Waals surface area contributed by atoms with Crippen LogP contribution in [0.5, 0.6) is 0 Å². The van der Waals surface area contributed by atoms with Gasteiger partial charge in [-0.3, -0.25) is 4.90 Å². The van der Waals surface area contributed by atoms with Crippen LogP contribution in [0.15, 0.2) is 54.6 Å². The second-order valence-electron chi connectivity index (χ2n) is 6.96. The van der Waals surface area contributed by atoms with Crippen molar-refractivity contribution in [1.29, 1.82) is 0 Å². The monoisotopic (exact) mass is 332 g/mol. The molecule has 1 fully saturated rings. The van der Waals surface area contributed by atoms with E-state index in [4.69, 9.17) is 5.73 Å². The maximum absolute atomic E-state index is 5.69. The highest BCUT2D eigenvalue weighted by Gasteiger charge is 2.18. The Morgan fingerprint density at radius 3 is 2.36 bits per heavy atom. The van der Waals surface area contributed by atoms with Crippen LogP contribution in [0.25, 0.3) is 0 Å². The highest BCUT2D eigenvalue weighted by Crippen LogP contribution is 2.21. The van der Waals surface area contributed by atoms with Gasteiger partial charge in [0, 0.05) is 13.0 Å². The summed E-state index contributed by atoms with van der Waals surface area (Å²) in [5.41, 5.74) is 9.60. The van der Waals surface area contributed by atoms with Crippen molar-refractivity contribution >= 4 is 0 Å². The molecule has 2 nitrogen and oxygen atoms in total. The van der Waals surface area contributed by atoms with Gasteiger partial charge in [-0.25, -0.2) is 0 Å². The molecule has 0 aliphatic carbocycles. The molecule has 2 N–H and O–H groups in total. The number of nitrogens with two attached hydrogens (primary N) is 1. The summed E-state index contributed by atoms with van der Waals surface area (Å²) in [5, 5.41) is 0. The fraction of sp³-hybridized carbons (Fsp3) is 0.391. The standard InChI is InChI=1S/C23H28N2/c24-19-23-11-6-10-21(18-23)9-4-5-14-25-15-12-22(13-16-25)17-20-7-2-1-3-8-20/h1-3,6-8,10-11,18,22H,9,12-17,19,24H2. The van der Waals surface area contributed by atoms with Crippen LogP contribution in [-0.4, -0.2) is 24.5 Å². The largest absolute Gasteiger partial charge is 0.326 e. The molecule has 2 heteroatoms. The van der Waals surface area contributed by atoms with Crippen molar-refractivity contribution in [3.8, 4) is 11.8 Å². The van der Waals surface area contributed by atoms with Crippen molar-refractivity contribution in [3.05, 3.63) is 71.3 Å². The van der Waals surface area contributed by atoms with Gasteiger partial charge in [0.25, 0.3) is 0 Å². The van der Waals surface area contributed by atoms with E-state index in [1.807, 2.05) is 0 Å². The zero-order valence-corrected chi connectivity index (χ0v) is 15.0. The zero-order chi connectivity index (χ0) is 17.3. The molecular formula is C23H28N2. The first-order chi connectivity index (χ1) is 12.3. The molecule has 0 amide bonds. The Hall–Kier alpha value is -2.08. The van der Waals surface area contributed by atoms with Gasteiger partial charge < -0.3 is 5.73 Å². The minimum absolute atomic E-state index is 0.596. The van der Waals surface area contributed by atoms with Crippen molar-refractivity contribution in [2.75, 3.05) is 19.6 Å². The third-order valence-corrected chi connectivity index (χ3v) is 5.02. The molecule has 25 heavy (non-hydrogen) atoms. The average Bonchev–Trinajstić information content (AvgIpc) is 2.67. The Morgan fingerprint density at radius 1 is 0.880 bits per heavy atom. The second kappa shape index (κ2) is 9.42. The smallest absolute Gasteiger partial charge is 0.0601 e. The van der Waals surface area contributed by atoms with Crippen LogP contribution in [0.1, 0.15) is 29.5 Å². The van der Waals surface area contributed by atoms with Gasteiger partial charge in [0.15, 0.2) is 0 Å². The fourth-order valence-corrected chi connectivity index (χ4v) is 3.49. The molecule has 1 aliphatic heterocycles. The number of nitrogens with zero attached hydrogens (tertiary/aromatic N) is 1. The predicted octanol–water partition coefficient (Wildman–Crippen LogP) is 3.65. The minimum atomic E-state index is 0.596. The van der Waals surface area contributed by atoms with E-state index >= 15 is 0 Å². The molecule has 0 aromatic heterocycles. The zero-order valence-electron chi connectivity index (χ0n) is 15.0. The number of hydrogen-bond donors (Lipinski definition) is 1. The first-order valence-electron chi connectivity index (χ1n) is 9.33. The number of hydrogen-bond acceptors (Lipinski definition) is 2. The molecular weight excluding hydrogens is 304 g/mol. The summed E-state index contributed by atoms with van der Waals surface area (Å²) >= 11 is 0. The number of rotatable bonds is 5. The molecule has 1 saturated heterocycles. The molecule has 130 valence electrons. The second-order valence-corrected chi connectivity index (χ2v) is 6.96. The first-order valence-corrected chi connectivity index (χ1v) is 9.33. The lowest BCUT2D eigenvalue weighted by Gasteiger charge is -2.30. The minimum Gasteiger partial charge on any atom is -0.326 e. The van der Waals surface area contributed by atoms with E-state index < -0.39 is 0 Å². The van der Waals surface area contributed by atoms with E-state index in [-0.39, 0.29) is 0 Å². The van der Waals surface area contributed by atoms with Gasteiger partial charge in [0.2, 0.25) is 0 Å². The summed E-state index contributed by atoms with van der Waals surface area (Å²) in [6.45, 7) is 3.84. The van der Waals surface area contributed by atoms with E-state index in [9.17, 15) is 0 Å². The van der Waals surface area contributed by atoms with Gasteiger partial charge >= 0.3 is 0 Å². The topological polar surface area (TPSA) is 29.3 Å². The maximum atomic E-state index is 5.69. The van der Waals surface area contributed by atoms with Crippen LogP contribution in [0.4, 0.5) is 0 Å². The van der Waals surface area contributed by atoms with Gasteiger partial charge in [-0.05, 0) is 55.0 Å². The van der Waals surface area contributed by atoms with Gasteiger partial charge in [-0.2, -0.15) is 0 Å². The predicted molar refractivity (Wildman–Crippen MR) is 105 cm³/mol. The van der Waals surface area contributed by atoms with E-state index in [0.717, 1.165) is 18.9 Å². The van der Waals surface area contributed by atoms with Crippen molar-refractivity contribution in [3.63, 3.8) is 0 Å². The lowest BCUT2D eigenvalue weighted by molar-refractivity contribution is 0.203. The molecule has 1 aliphatic rings. The third kappa shape index (κ3) is 5.74. The van der Waals surface area contributed by atoms with Crippen molar-refractivity contribution in [1.82, 2.24) is 4.90 Å². The fourth-order valence-electron chi connectivity index (χ4n) is 3.49. The Kier molecular flexibility index (Phi) is 6.68. The van der Waals surface area contributed by atoms with Gasteiger partial charge in [0.1, 0.15) is 0 Å². The van der Waals surface area contributed by atoms with Crippen molar-refractivity contribution in [2.45, 2.75) is 32.2 Å². The number of likely N-dealkylation sites (tertiary alicyclic amines) is 1. The van der Waals surface area contributed by atoms with Crippen LogP contribution >= 0.6 is 0 Å². The lowest BCUT2D eigenvalue weighted by atomic mass is 9.90. The molecule has 0 bridgehead atoms. The summed E-state index contributed by atoms with van der Waals surface area (Å²) in [4.78, 5) is 2.49. The van der Waals surface area contributed by atoms with Crippen LogP contribution in [-0.2, 0) is 19.4 Å². The molecule has 0 saturated carbocycles. The van der Waals surface area contributed by atoms with E-state index in [2.05, 4.69) is 71.3 Å². The summed E-state index contributed by atoms with van der Waals surface area (Å²) in [6.07, 6.45) is 4.61. The molecule has 0 atom stereocenters. The van der Waals surface area contributed by atoms with Crippen LogP contribution in [0.2, 0.25) is 0 Å². The molecule has 0 unspecified atom stereocenters. The molecule has 0 radical (unpaired) electrons. The third-order valence-electron chi connectivity index (χ3n) is 5.02. The Balaban J connectivity index is 1.39. The van der Waals surface area contributed by atoms with Crippen molar-refractivity contribution < 1.29 is 0 Å². The highest BCUT2D eigenvalue weighted by molar-refractivity contribution is 5.26. The molecule has 1 heterocycles. The van der Waals surface area contributed by atoms with Crippen LogP contribution in [0, 0.1) is 17.8 Å². The summed E-state index contributed by atoms with van der Waals surface area (Å²) in [5.74, 6) is 7.49. The van der Waals surface area contributed by atoms with Gasteiger partial charge in [-0.1, -0.05) is 66.4 Å². The normalized spacial score (nSPS) is 15.6. The summed E-state index contributed by atoms with van der Waals surface area (Å²) in [6, 6.07) is 19.3. The molecule has 3 rings (SSSR count). The summed E-state index contributed by atoms with van der Waals surface area (Å²) in [7, 11) is 0. The maximum Gasteiger partial charge on any atom is 0.0601 e.